The highest BCUT2D eigenvalue weighted by Gasteiger charge is 2.29. The summed E-state index contributed by atoms with van der Waals surface area (Å²) in [6, 6.07) is 27.2. The van der Waals surface area contributed by atoms with Crippen molar-refractivity contribution in [1.29, 1.82) is 0 Å². The van der Waals surface area contributed by atoms with Gasteiger partial charge in [-0.2, -0.15) is 0 Å². The molecule has 6 nitrogen and oxygen atoms in total. The van der Waals surface area contributed by atoms with Crippen LogP contribution in [0.4, 0.5) is 5.69 Å². The molecular weight excluding hydrogens is 544 g/mol. The van der Waals surface area contributed by atoms with Gasteiger partial charge in [0.15, 0.2) is 11.5 Å². The number of carbonyl (C=O) groups is 2. The molecule has 0 bridgehead atoms. The van der Waals surface area contributed by atoms with Crippen molar-refractivity contribution in [3.63, 3.8) is 0 Å². The fourth-order valence-corrected chi connectivity index (χ4v) is 6.19. The van der Waals surface area contributed by atoms with Gasteiger partial charge in [0.2, 0.25) is 0 Å². The second kappa shape index (κ2) is 11.8. The largest absolute Gasteiger partial charge is 0.486 e. The highest BCUT2D eigenvalue weighted by Crippen LogP contribution is 2.43. The maximum absolute atomic E-state index is 13.8. The summed E-state index contributed by atoms with van der Waals surface area (Å²) < 4.78 is 11.3. The Kier molecular flexibility index (Phi) is 7.76. The molecule has 0 unspecified atom stereocenters. The fourth-order valence-electron chi connectivity index (χ4n) is 5.13. The number of thioether (sulfide) groups is 1. The summed E-state index contributed by atoms with van der Waals surface area (Å²) in [7, 11) is 0. The quantitative estimate of drug-likeness (QED) is 0.245. The van der Waals surface area contributed by atoms with Crippen molar-refractivity contribution in [3.05, 3.63) is 123 Å². The van der Waals surface area contributed by atoms with E-state index in [0.717, 1.165) is 38.6 Å². The number of fused-ring (bicyclic) bond motifs is 2. The molecule has 0 radical (unpaired) electrons. The van der Waals surface area contributed by atoms with E-state index in [2.05, 4.69) is 37.4 Å². The van der Waals surface area contributed by atoms with Gasteiger partial charge in [0, 0.05) is 10.5 Å². The lowest BCUT2D eigenvalue weighted by Gasteiger charge is -2.31. The Hall–Kier alpha value is -4.49. The van der Waals surface area contributed by atoms with Crippen LogP contribution in [0, 0.1) is 13.8 Å². The van der Waals surface area contributed by atoms with E-state index >= 15 is 0 Å². The Bertz CT molecular complexity index is 1700. The summed E-state index contributed by atoms with van der Waals surface area (Å²) in [4.78, 5) is 30.3. The van der Waals surface area contributed by atoms with Crippen LogP contribution in [0.5, 0.6) is 11.5 Å². The first-order valence-corrected chi connectivity index (χ1v) is 14.8. The maximum Gasteiger partial charge on any atom is 0.265 e. The van der Waals surface area contributed by atoms with Gasteiger partial charge < -0.3 is 19.7 Å². The van der Waals surface area contributed by atoms with Gasteiger partial charge in [0.25, 0.3) is 11.8 Å². The van der Waals surface area contributed by atoms with E-state index in [-0.39, 0.29) is 17.9 Å². The number of aryl methyl sites for hydroxylation is 2. The van der Waals surface area contributed by atoms with Crippen LogP contribution in [0.2, 0.25) is 0 Å². The molecular formula is C35H32N2O4S. The average Bonchev–Trinajstić information content (AvgIpc) is 3.01. The summed E-state index contributed by atoms with van der Waals surface area (Å²) >= 11 is 1.48. The molecule has 0 spiro atoms. The Morgan fingerprint density at radius 1 is 0.952 bits per heavy atom. The number of hydrogen-bond acceptors (Lipinski definition) is 5. The molecule has 42 heavy (non-hydrogen) atoms. The number of rotatable bonds is 6. The van der Waals surface area contributed by atoms with Crippen LogP contribution in [0.3, 0.4) is 0 Å². The van der Waals surface area contributed by atoms with Crippen molar-refractivity contribution >= 4 is 35.3 Å². The number of benzene rings is 4. The lowest BCUT2D eigenvalue weighted by Crippen LogP contribution is -2.34. The zero-order valence-electron chi connectivity index (χ0n) is 23.8. The molecule has 2 aliphatic heterocycles. The van der Waals surface area contributed by atoms with Crippen molar-refractivity contribution < 1.29 is 19.1 Å². The Balaban J connectivity index is 1.19. The van der Waals surface area contributed by atoms with E-state index in [9.17, 15) is 9.59 Å². The highest BCUT2D eigenvalue weighted by atomic mass is 32.2. The molecule has 0 saturated heterocycles. The molecule has 0 saturated carbocycles. The Labute approximate surface area is 250 Å². The van der Waals surface area contributed by atoms with Gasteiger partial charge in [0.1, 0.15) is 13.2 Å². The van der Waals surface area contributed by atoms with Gasteiger partial charge in [-0.25, -0.2) is 0 Å². The Morgan fingerprint density at radius 3 is 2.52 bits per heavy atom. The second-order valence-corrected chi connectivity index (χ2v) is 11.7. The first-order chi connectivity index (χ1) is 20.4. The lowest BCUT2D eigenvalue weighted by atomic mass is 10.0. The van der Waals surface area contributed by atoms with Crippen molar-refractivity contribution in [2.45, 2.75) is 38.3 Å². The van der Waals surface area contributed by atoms with Crippen molar-refractivity contribution in [3.8, 4) is 11.5 Å². The summed E-state index contributed by atoms with van der Waals surface area (Å²) in [6.07, 6.45) is 1.90. The zero-order chi connectivity index (χ0) is 29.2. The molecule has 0 aliphatic carbocycles. The number of amides is 2. The second-order valence-electron chi connectivity index (χ2n) is 10.6. The van der Waals surface area contributed by atoms with E-state index in [1.54, 1.807) is 12.1 Å². The average molecular weight is 577 g/mol. The third-order valence-electron chi connectivity index (χ3n) is 7.55. The standard InChI is InChI=1S/C35H32N2O4S/c1-22-8-9-23(2)28(18-22)21-37-29-6-4-5-7-32(29)42-33(35(37)39)19-25-10-12-26(13-11-25)34(38)36-24(3)27-14-15-30-31(20-27)41-17-16-40-30/h4-15,18-20,24H,16-17,21H2,1-3H3,(H,36,38)/b33-19-/t24-/m0/s1. The molecule has 2 amide bonds. The number of nitrogens with zero attached hydrogens (tertiary/aromatic N) is 1. The fraction of sp³-hybridized carbons (Fsp3) is 0.200. The summed E-state index contributed by atoms with van der Waals surface area (Å²) in [5, 5.41) is 3.06. The minimum Gasteiger partial charge on any atom is -0.486 e. The minimum atomic E-state index is -0.213. The molecule has 2 aliphatic rings. The molecule has 0 fully saturated rings. The molecule has 4 aromatic rings. The monoisotopic (exact) mass is 576 g/mol. The maximum atomic E-state index is 13.8. The van der Waals surface area contributed by atoms with E-state index in [1.807, 2.05) is 72.5 Å². The molecule has 2 heterocycles. The number of hydrogen-bond donors (Lipinski definition) is 1. The van der Waals surface area contributed by atoms with Crippen molar-refractivity contribution in [2.24, 2.45) is 0 Å². The SMILES string of the molecule is Cc1ccc(C)c(CN2C(=O)/C(=C/c3ccc(C(=O)N[C@@H](C)c4ccc5c(c4)OCCO5)cc3)Sc3ccccc32)c1. The van der Waals surface area contributed by atoms with E-state index in [0.29, 0.717) is 36.0 Å². The van der Waals surface area contributed by atoms with Gasteiger partial charge in [-0.15, -0.1) is 0 Å². The van der Waals surface area contributed by atoms with Crippen molar-refractivity contribution in [1.82, 2.24) is 5.32 Å². The van der Waals surface area contributed by atoms with Crippen LogP contribution in [-0.2, 0) is 11.3 Å². The number of ether oxygens (including phenoxy) is 2. The van der Waals surface area contributed by atoms with E-state index < -0.39 is 0 Å². The predicted molar refractivity (Wildman–Crippen MR) is 167 cm³/mol. The van der Waals surface area contributed by atoms with Gasteiger partial charge in [-0.3, -0.25) is 9.59 Å². The molecule has 7 heteroatoms. The first kappa shape index (κ1) is 27.7. The van der Waals surface area contributed by atoms with Gasteiger partial charge >= 0.3 is 0 Å². The van der Waals surface area contributed by atoms with Gasteiger partial charge in [-0.1, -0.05) is 65.9 Å². The van der Waals surface area contributed by atoms with Crippen LogP contribution in [-0.4, -0.2) is 25.0 Å². The predicted octanol–water partition coefficient (Wildman–Crippen LogP) is 7.25. The van der Waals surface area contributed by atoms with Gasteiger partial charge in [0.05, 0.1) is 23.2 Å². The lowest BCUT2D eigenvalue weighted by molar-refractivity contribution is -0.114. The minimum absolute atomic E-state index is 0.0327. The van der Waals surface area contributed by atoms with Crippen LogP contribution < -0.4 is 19.7 Å². The van der Waals surface area contributed by atoms with E-state index in [1.165, 1.54) is 17.3 Å². The van der Waals surface area contributed by atoms with Crippen LogP contribution in [0.25, 0.3) is 6.08 Å². The van der Waals surface area contributed by atoms with Crippen LogP contribution in [0.15, 0.2) is 94.7 Å². The number of nitrogens with one attached hydrogen (secondary N) is 1. The topological polar surface area (TPSA) is 67.9 Å². The van der Waals surface area contributed by atoms with Crippen LogP contribution in [0.1, 0.15) is 51.1 Å². The third-order valence-corrected chi connectivity index (χ3v) is 8.63. The smallest absolute Gasteiger partial charge is 0.265 e. The molecule has 4 aromatic carbocycles. The number of para-hydroxylation sites is 1. The number of anilines is 1. The summed E-state index contributed by atoms with van der Waals surface area (Å²) in [5.41, 5.74) is 6.72. The van der Waals surface area contributed by atoms with E-state index in [4.69, 9.17) is 9.47 Å². The Morgan fingerprint density at radius 2 is 1.71 bits per heavy atom. The van der Waals surface area contributed by atoms with Gasteiger partial charge in [-0.05, 0) is 85.5 Å². The van der Waals surface area contributed by atoms with Crippen LogP contribution >= 0.6 is 11.8 Å². The highest BCUT2D eigenvalue weighted by molar-refractivity contribution is 8.04. The van der Waals surface area contributed by atoms with Crippen molar-refractivity contribution in [2.75, 3.05) is 18.1 Å². The summed E-state index contributed by atoms with van der Waals surface area (Å²) in [5.74, 6) is 1.21. The molecule has 1 atom stereocenters. The number of carbonyl (C=O) groups excluding carboxylic acids is 2. The molecule has 1 N–H and O–H groups in total. The molecule has 6 rings (SSSR count). The summed E-state index contributed by atoms with van der Waals surface area (Å²) in [6.45, 7) is 7.64. The third kappa shape index (κ3) is 5.78. The normalized spacial score (nSPS) is 15.7. The molecule has 212 valence electrons. The molecule has 0 aromatic heterocycles. The zero-order valence-corrected chi connectivity index (χ0v) is 24.7. The first-order valence-electron chi connectivity index (χ1n) is 14.0.